The van der Waals surface area contributed by atoms with Gasteiger partial charge in [0.1, 0.15) is 5.82 Å². The summed E-state index contributed by atoms with van der Waals surface area (Å²) in [4.78, 5) is 0. The summed E-state index contributed by atoms with van der Waals surface area (Å²) < 4.78 is 13.4. The van der Waals surface area contributed by atoms with E-state index in [1.165, 1.54) is 18.2 Å². The molecule has 0 bridgehead atoms. The Kier molecular flexibility index (Phi) is 4.42. The van der Waals surface area contributed by atoms with Gasteiger partial charge in [0.25, 0.3) is 0 Å². The maximum absolute atomic E-state index is 13.4. The van der Waals surface area contributed by atoms with Gasteiger partial charge in [-0.15, -0.1) is 0 Å². The van der Waals surface area contributed by atoms with E-state index >= 15 is 0 Å². The molecule has 2 aromatic rings. The summed E-state index contributed by atoms with van der Waals surface area (Å²) in [5, 5.41) is 1.05. The third kappa shape index (κ3) is 3.25. The number of benzene rings is 2. The second-order valence-corrected chi connectivity index (χ2v) is 5.17. The first-order chi connectivity index (χ1) is 9.01. The van der Waals surface area contributed by atoms with E-state index in [2.05, 4.69) is 5.43 Å². The van der Waals surface area contributed by atoms with Crippen LogP contribution in [0.1, 0.15) is 22.7 Å². The van der Waals surface area contributed by atoms with Crippen LogP contribution in [0.15, 0.2) is 36.4 Å². The SMILES string of the molecule is Cc1cc(Cl)cc(C(NN)c2cc(F)ccc2Cl)c1. The molecule has 1 atom stereocenters. The Bertz CT molecular complexity index is 582. The molecular weight excluding hydrogens is 286 g/mol. The van der Waals surface area contributed by atoms with Crippen molar-refractivity contribution in [2.45, 2.75) is 13.0 Å². The molecule has 2 rings (SSSR count). The molecule has 0 aliphatic rings. The van der Waals surface area contributed by atoms with Crippen molar-refractivity contribution in [2.75, 3.05) is 0 Å². The summed E-state index contributed by atoms with van der Waals surface area (Å²) in [5.41, 5.74) is 5.05. The Balaban J connectivity index is 2.52. The van der Waals surface area contributed by atoms with E-state index in [0.29, 0.717) is 15.6 Å². The number of hydrogen-bond acceptors (Lipinski definition) is 2. The highest BCUT2D eigenvalue weighted by atomic mass is 35.5. The molecule has 0 aliphatic carbocycles. The maximum atomic E-state index is 13.4. The van der Waals surface area contributed by atoms with Gasteiger partial charge in [0, 0.05) is 10.0 Å². The van der Waals surface area contributed by atoms with Crippen molar-refractivity contribution >= 4 is 23.2 Å². The van der Waals surface area contributed by atoms with Crippen LogP contribution in [0.2, 0.25) is 10.0 Å². The summed E-state index contributed by atoms with van der Waals surface area (Å²) >= 11 is 12.1. The van der Waals surface area contributed by atoms with Crippen molar-refractivity contribution in [3.63, 3.8) is 0 Å². The molecule has 0 saturated heterocycles. The number of hydrogen-bond donors (Lipinski definition) is 2. The van der Waals surface area contributed by atoms with Gasteiger partial charge in [-0.05, 0) is 53.9 Å². The van der Waals surface area contributed by atoms with Crippen LogP contribution in [0.4, 0.5) is 4.39 Å². The molecule has 0 radical (unpaired) electrons. The Morgan fingerprint density at radius 1 is 1.16 bits per heavy atom. The number of hydrazine groups is 1. The minimum absolute atomic E-state index is 0.363. The fraction of sp³-hybridized carbons (Fsp3) is 0.143. The highest BCUT2D eigenvalue weighted by molar-refractivity contribution is 6.31. The van der Waals surface area contributed by atoms with Crippen LogP contribution in [0.3, 0.4) is 0 Å². The minimum Gasteiger partial charge on any atom is -0.271 e. The lowest BCUT2D eigenvalue weighted by molar-refractivity contribution is 0.605. The number of halogens is 3. The molecule has 0 fully saturated rings. The minimum atomic E-state index is -0.416. The monoisotopic (exact) mass is 298 g/mol. The van der Waals surface area contributed by atoms with E-state index in [0.717, 1.165) is 11.1 Å². The zero-order valence-corrected chi connectivity index (χ0v) is 11.8. The van der Waals surface area contributed by atoms with Crippen LogP contribution in [-0.4, -0.2) is 0 Å². The quantitative estimate of drug-likeness (QED) is 0.664. The van der Waals surface area contributed by atoms with Crippen LogP contribution in [-0.2, 0) is 0 Å². The van der Waals surface area contributed by atoms with Crippen molar-refractivity contribution in [2.24, 2.45) is 5.84 Å². The molecular formula is C14H13Cl2FN2. The van der Waals surface area contributed by atoms with Gasteiger partial charge in [-0.25, -0.2) is 9.82 Å². The van der Waals surface area contributed by atoms with E-state index in [1.807, 2.05) is 19.1 Å². The van der Waals surface area contributed by atoms with Gasteiger partial charge in [0.15, 0.2) is 0 Å². The maximum Gasteiger partial charge on any atom is 0.123 e. The van der Waals surface area contributed by atoms with Crippen LogP contribution in [0.25, 0.3) is 0 Å². The van der Waals surface area contributed by atoms with Gasteiger partial charge in [-0.3, -0.25) is 5.84 Å². The van der Waals surface area contributed by atoms with Crippen LogP contribution < -0.4 is 11.3 Å². The van der Waals surface area contributed by atoms with Gasteiger partial charge >= 0.3 is 0 Å². The van der Waals surface area contributed by atoms with Crippen molar-refractivity contribution in [3.05, 3.63) is 69.0 Å². The van der Waals surface area contributed by atoms with Gasteiger partial charge in [-0.1, -0.05) is 29.3 Å². The molecule has 5 heteroatoms. The third-order valence-electron chi connectivity index (χ3n) is 2.83. The molecule has 0 aromatic heterocycles. The first kappa shape index (κ1) is 14.3. The predicted molar refractivity (Wildman–Crippen MR) is 76.8 cm³/mol. The lowest BCUT2D eigenvalue weighted by Gasteiger charge is -2.19. The lowest BCUT2D eigenvalue weighted by Crippen LogP contribution is -2.29. The van der Waals surface area contributed by atoms with E-state index in [4.69, 9.17) is 29.0 Å². The predicted octanol–water partition coefficient (Wildman–Crippen LogP) is 3.99. The molecule has 100 valence electrons. The average molecular weight is 299 g/mol. The zero-order chi connectivity index (χ0) is 14.0. The summed E-state index contributed by atoms with van der Waals surface area (Å²) in [6, 6.07) is 9.31. The van der Waals surface area contributed by atoms with Crippen molar-refractivity contribution in [1.82, 2.24) is 5.43 Å². The molecule has 19 heavy (non-hydrogen) atoms. The Labute approximate surface area is 121 Å². The topological polar surface area (TPSA) is 38.0 Å². The first-order valence-electron chi connectivity index (χ1n) is 5.69. The molecule has 2 aromatic carbocycles. The Morgan fingerprint density at radius 3 is 2.53 bits per heavy atom. The molecule has 1 unspecified atom stereocenters. The van der Waals surface area contributed by atoms with Crippen molar-refractivity contribution in [1.29, 1.82) is 0 Å². The third-order valence-corrected chi connectivity index (χ3v) is 3.40. The molecule has 0 saturated carbocycles. The van der Waals surface area contributed by atoms with E-state index in [-0.39, 0.29) is 5.82 Å². The first-order valence-corrected chi connectivity index (χ1v) is 6.45. The number of rotatable bonds is 3. The van der Waals surface area contributed by atoms with E-state index in [9.17, 15) is 4.39 Å². The van der Waals surface area contributed by atoms with Gasteiger partial charge in [0.2, 0.25) is 0 Å². The molecule has 2 nitrogen and oxygen atoms in total. The zero-order valence-electron chi connectivity index (χ0n) is 10.3. The van der Waals surface area contributed by atoms with Crippen LogP contribution in [0, 0.1) is 12.7 Å². The second-order valence-electron chi connectivity index (χ2n) is 4.33. The largest absolute Gasteiger partial charge is 0.271 e. The summed E-state index contributed by atoms with van der Waals surface area (Å²) in [6.07, 6.45) is 0. The lowest BCUT2D eigenvalue weighted by atomic mass is 9.97. The summed E-state index contributed by atoms with van der Waals surface area (Å²) in [6.45, 7) is 1.93. The van der Waals surface area contributed by atoms with Gasteiger partial charge < -0.3 is 0 Å². The average Bonchev–Trinajstić information content (AvgIpc) is 2.33. The van der Waals surface area contributed by atoms with Crippen molar-refractivity contribution < 1.29 is 4.39 Å². The summed E-state index contributed by atoms with van der Waals surface area (Å²) in [7, 11) is 0. The molecule has 0 spiro atoms. The number of nitrogens with two attached hydrogens (primary N) is 1. The number of nitrogens with one attached hydrogen (secondary N) is 1. The Hall–Kier alpha value is -1.13. The summed E-state index contributed by atoms with van der Waals surface area (Å²) in [5.74, 6) is 5.22. The molecule has 0 amide bonds. The second kappa shape index (κ2) is 5.88. The Morgan fingerprint density at radius 2 is 1.89 bits per heavy atom. The standard InChI is InChI=1S/C14H13Cl2FN2/c1-8-4-9(6-10(15)5-8)14(19-18)12-7-11(17)2-3-13(12)16/h2-7,14,19H,18H2,1H3. The fourth-order valence-corrected chi connectivity index (χ4v) is 2.56. The van der Waals surface area contributed by atoms with Gasteiger partial charge in [-0.2, -0.15) is 0 Å². The highest BCUT2D eigenvalue weighted by Crippen LogP contribution is 2.30. The fourth-order valence-electron chi connectivity index (χ4n) is 2.03. The highest BCUT2D eigenvalue weighted by Gasteiger charge is 2.17. The van der Waals surface area contributed by atoms with Crippen LogP contribution in [0.5, 0.6) is 0 Å². The molecule has 0 aliphatic heterocycles. The number of aryl methyl sites for hydroxylation is 1. The smallest absolute Gasteiger partial charge is 0.123 e. The van der Waals surface area contributed by atoms with E-state index in [1.54, 1.807) is 6.07 Å². The van der Waals surface area contributed by atoms with Gasteiger partial charge in [0.05, 0.1) is 6.04 Å². The van der Waals surface area contributed by atoms with E-state index < -0.39 is 6.04 Å². The molecule has 3 N–H and O–H groups in total. The normalized spacial score (nSPS) is 12.5. The van der Waals surface area contributed by atoms with Crippen molar-refractivity contribution in [3.8, 4) is 0 Å². The molecule has 0 heterocycles. The van der Waals surface area contributed by atoms with Crippen LogP contribution >= 0.6 is 23.2 Å².